The SMILES string of the molecule is COc1cc(B2OC(C)(C)C(C)(C)O2)ccc1C(=O)NCC(F)(F)CO. The Morgan fingerprint density at radius 1 is 1.27 bits per heavy atom. The third kappa shape index (κ3) is 4.16. The second-order valence-electron chi connectivity index (χ2n) is 7.24. The van der Waals surface area contributed by atoms with Crippen LogP contribution < -0.4 is 15.5 Å². The number of nitrogens with one attached hydrogen (secondary N) is 1. The number of hydrogen-bond acceptors (Lipinski definition) is 5. The number of amides is 1. The number of aliphatic hydroxyl groups excluding tert-OH is 1. The highest BCUT2D eigenvalue weighted by atomic mass is 19.3. The van der Waals surface area contributed by atoms with Crippen LogP contribution in [0.1, 0.15) is 38.1 Å². The highest BCUT2D eigenvalue weighted by molar-refractivity contribution is 6.62. The average Bonchev–Trinajstić information content (AvgIpc) is 2.80. The van der Waals surface area contributed by atoms with Crippen molar-refractivity contribution in [1.82, 2.24) is 5.32 Å². The molecule has 1 saturated heterocycles. The van der Waals surface area contributed by atoms with E-state index in [2.05, 4.69) is 5.32 Å². The molecule has 0 spiro atoms. The number of benzene rings is 1. The summed E-state index contributed by atoms with van der Waals surface area (Å²) in [6.45, 7) is 5.39. The molecule has 0 bridgehead atoms. The normalized spacial score (nSPS) is 18.7. The first-order valence-corrected chi connectivity index (χ1v) is 8.23. The van der Waals surface area contributed by atoms with E-state index in [0.717, 1.165) is 0 Å². The monoisotopic (exact) mass is 371 g/mol. The van der Waals surface area contributed by atoms with Crippen LogP contribution in [0.3, 0.4) is 0 Å². The van der Waals surface area contributed by atoms with Crippen LogP contribution >= 0.6 is 0 Å². The second-order valence-corrected chi connectivity index (χ2v) is 7.24. The standard InChI is InChI=1S/C17H24BF2NO5/c1-15(2)16(3,4)26-18(25-15)11-6-7-12(13(8-11)24-5)14(23)21-9-17(19,20)10-22/h6-8,22H,9-10H2,1-5H3,(H,21,23). The van der Waals surface area contributed by atoms with Gasteiger partial charge in [-0.3, -0.25) is 4.79 Å². The van der Waals surface area contributed by atoms with Crippen molar-refractivity contribution in [2.45, 2.75) is 44.8 Å². The summed E-state index contributed by atoms with van der Waals surface area (Å²) in [6.07, 6.45) is 0. The molecule has 1 aromatic rings. The predicted molar refractivity (Wildman–Crippen MR) is 93.1 cm³/mol. The average molecular weight is 371 g/mol. The van der Waals surface area contributed by atoms with Crippen LogP contribution in [-0.2, 0) is 9.31 Å². The minimum Gasteiger partial charge on any atom is -0.496 e. The Labute approximate surface area is 152 Å². The molecule has 0 unspecified atom stereocenters. The maximum Gasteiger partial charge on any atom is 0.494 e. The molecular formula is C17H24BF2NO5. The number of halogens is 2. The maximum atomic E-state index is 13.1. The van der Waals surface area contributed by atoms with Gasteiger partial charge in [0.1, 0.15) is 12.4 Å². The summed E-state index contributed by atoms with van der Waals surface area (Å²) in [5.74, 6) is -3.90. The molecule has 0 radical (unpaired) electrons. The fourth-order valence-electron chi connectivity index (χ4n) is 2.38. The van der Waals surface area contributed by atoms with E-state index >= 15 is 0 Å². The topological polar surface area (TPSA) is 77.0 Å². The number of carbonyl (C=O) groups is 1. The molecule has 2 rings (SSSR count). The molecule has 1 fully saturated rings. The summed E-state index contributed by atoms with van der Waals surface area (Å²) >= 11 is 0. The number of alkyl halides is 2. The molecular weight excluding hydrogens is 347 g/mol. The van der Waals surface area contributed by atoms with Gasteiger partial charge in [0.15, 0.2) is 0 Å². The zero-order chi connectivity index (χ0) is 19.8. The third-order valence-corrected chi connectivity index (χ3v) is 4.73. The van der Waals surface area contributed by atoms with Crippen molar-refractivity contribution in [3.05, 3.63) is 23.8 Å². The van der Waals surface area contributed by atoms with E-state index in [0.29, 0.717) is 5.46 Å². The van der Waals surface area contributed by atoms with Gasteiger partial charge in [-0.15, -0.1) is 0 Å². The molecule has 1 aliphatic heterocycles. The Morgan fingerprint density at radius 2 is 1.85 bits per heavy atom. The van der Waals surface area contributed by atoms with Crippen molar-refractivity contribution in [2.75, 3.05) is 20.3 Å². The second kappa shape index (κ2) is 7.13. The predicted octanol–water partition coefficient (Wildman–Crippen LogP) is 1.35. The van der Waals surface area contributed by atoms with Gasteiger partial charge in [-0.05, 0) is 45.3 Å². The smallest absolute Gasteiger partial charge is 0.494 e. The molecule has 1 heterocycles. The van der Waals surface area contributed by atoms with Gasteiger partial charge in [-0.25, -0.2) is 8.78 Å². The van der Waals surface area contributed by atoms with E-state index in [1.165, 1.54) is 13.2 Å². The summed E-state index contributed by atoms with van der Waals surface area (Å²) in [7, 11) is 0.743. The van der Waals surface area contributed by atoms with Crippen LogP contribution in [-0.4, -0.2) is 55.5 Å². The van der Waals surface area contributed by atoms with Crippen molar-refractivity contribution in [1.29, 1.82) is 0 Å². The molecule has 144 valence electrons. The summed E-state index contributed by atoms with van der Waals surface area (Å²) in [6, 6.07) is 4.68. The first-order chi connectivity index (χ1) is 11.9. The minimum absolute atomic E-state index is 0.0986. The lowest BCUT2D eigenvalue weighted by atomic mass is 9.78. The largest absolute Gasteiger partial charge is 0.496 e. The van der Waals surface area contributed by atoms with Crippen molar-refractivity contribution in [3.8, 4) is 5.75 Å². The van der Waals surface area contributed by atoms with Gasteiger partial charge in [-0.2, -0.15) is 0 Å². The summed E-state index contributed by atoms with van der Waals surface area (Å²) in [4.78, 5) is 12.2. The molecule has 2 N–H and O–H groups in total. The number of rotatable bonds is 6. The maximum absolute atomic E-state index is 13.1. The van der Waals surface area contributed by atoms with Crippen LogP contribution in [0.15, 0.2) is 18.2 Å². The van der Waals surface area contributed by atoms with Crippen LogP contribution in [0.25, 0.3) is 0 Å². The van der Waals surface area contributed by atoms with Crippen LogP contribution in [0, 0.1) is 0 Å². The first-order valence-electron chi connectivity index (χ1n) is 8.23. The highest BCUT2D eigenvalue weighted by Gasteiger charge is 2.51. The van der Waals surface area contributed by atoms with Gasteiger partial charge in [0.05, 0.1) is 30.4 Å². The van der Waals surface area contributed by atoms with E-state index in [-0.39, 0.29) is 11.3 Å². The Balaban J connectivity index is 2.19. The zero-order valence-corrected chi connectivity index (χ0v) is 15.6. The van der Waals surface area contributed by atoms with Gasteiger partial charge < -0.3 is 24.5 Å². The first kappa shape index (κ1) is 20.6. The van der Waals surface area contributed by atoms with Crippen molar-refractivity contribution in [3.63, 3.8) is 0 Å². The summed E-state index contributed by atoms with van der Waals surface area (Å²) in [5.41, 5.74) is -0.285. The lowest BCUT2D eigenvalue weighted by molar-refractivity contribution is -0.0462. The van der Waals surface area contributed by atoms with Gasteiger partial charge in [0.25, 0.3) is 11.8 Å². The van der Waals surface area contributed by atoms with Crippen LogP contribution in [0.4, 0.5) is 8.78 Å². The van der Waals surface area contributed by atoms with Crippen molar-refractivity contribution < 1.29 is 32.7 Å². The molecule has 1 aliphatic rings. The number of aliphatic hydroxyl groups is 1. The molecule has 1 aromatic carbocycles. The Bertz CT molecular complexity index is 665. The van der Waals surface area contributed by atoms with E-state index in [4.69, 9.17) is 19.2 Å². The molecule has 0 saturated carbocycles. The Hall–Kier alpha value is -1.71. The molecule has 0 atom stereocenters. The number of methoxy groups -OCH3 is 1. The number of ether oxygens (including phenoxy) is 1. The summed E-state index contributed by atoms with van der Waals surface area (Å²) < 4.78 is 43.3. The molecule has 0 aliphatic carbocycles. The van der Waals surface area contributed by atoms with Gasteiger partial charge in [-0.1, -0.05) is 6.07 Å². The van der Waals surface area contributed by atoms with E-state index in [1.807, 2.05) is 27.7 Å². The fourth-order valence-corrected chi connectivity index (χ4v) is 2.38. The van der Waals surface area contributed by atoms with E-state index in [9.17, 15) is 13.6 Å². The molecule has 1 amide bonds. The zero-order valence-electron chi connectivity index (χ0n) is 15.6. The Morgan fingerprint density at radius 3 is 2.35 bits per heavy atom. The van der Waals surface area contributed by atoms with E-state index in [1.54, 1.807) is 12.1 Å². The molecule has 6 nitrogen and oxygen atoms in total. The number of hydrogen-bond donors (Lipinski definition) is 2. The van der Waals surface area contributed by atoms with E-state index < -0.39 is 43.3 Å². The molecule has 26 heavy (non-hydrogen) atoms. The fraction of sp³-hybridized carbons (Fsp3) is 0.588. The Kier molecular flexibility index (Phi) is 5.65. The quantitative estimate of drug-likeness (QED) is 0.739. The minimum atomic E-state index is -3.38. The lowest BCUT2D eigenvalue weighted by Gasteiger charge is -2.32. The molecule has 9 heteroatoms. The highest BCUT2D eigenvalue weighted by Crippen LogP contribution is 2.36. The van der Waals surface area contributed by atoms with Crippen LogP contribution in [0.2, 0.25) is 0 Å². The number of carbonyl (C=O) groups excluding carboxylic acids is 1. The van der Waals surface area contributed by atoms with Crippen molar-refractivity contribution >= 4 is 18.5 Å². The lowest BCUT2D eigenvalue weighted by Crippen LogP contribution is -2.41. The third-order valence-electron chi connectivity index (χ3n) is 4.73. The van der Waals surface area contributed by atoms with Gasteiger partial charge in [0, 0.05) is 0 Å². The van der Waals surface area contributed by atoms with Crippen molar-refractivity contribution in [2.24, 2.45) is 0 Å². The molecule has 0 aromatic heterocycles. The van der Waals surface area contributed by atoms with Gasteiger partial charge >= 0.3 is 7.12 Å². The summed E-state index contributed by atoms with van der Waals surface area (Å²) in [5, 5.41) is 10.7. The van der Waals surface area contributed by atoms with Gasteiger partial charge in [0.2, 0.25) is 0 Å². The van der Waals surface area contributed by atoms with Crippen LogP contribution in [0.5, 0.6) is 5.75 Å².